The topological polar surface area (TPSA) is 15.3 Å². The third kappa shape index (κ3) is 3.32. The number of anilines is 1. The minimum atomic E-state index is 0.615. The molecule has 1 heterocycles. The fourth-order valence-electron chi connectivity index (χ4n) is 3.93. The van der Waals surface area contributed by atoms with E-state index in [4.69, 9.17) is 0 Å². The molecule has 2 unspecified atom stereocenters. The number of benzene rings is 1. The molecule has 1 aromatic rings. The molecule has 0 amide bonds. The lowest BCUT2D eigenvalue weighted by atomic mass is 9.73. The maximum atomic E-state index is 3.86. The largest absolute Gasteiger partial charge is 0.380 e. The van der Waals surface area contributed by atoms with Crippen LogP contribution in [0.1, 0.15) is 33.1 Å². The van der Waals surface area contributed by atoms with Crippen molar-refractivity contribution >= 4 is 37.5 Å². The molecular formula is C17H24Br2N2. The van der Waals surface area contributed by atoms with Gasteiger partial charge in [-0.1, -0.05) is 12.5 Å². The maximum Gasteiger partial charge on any atom is 0.0631 e. The molecule has 1 N–H and O–H groups in total. The van der Waals surface area contributed by atoms with Gasteiger partial charge in [0.05, 0.1) is 5.69 Å². The van der Waals surface area contributed by atoms with Crippen LogP contribution in [-0.4, -0.2) is 30.1 Å². The number of fused-ring (bicyclic) bond motifs is 2. The molecule has 1 aromatic carbocycles. The zero-order valence-corrected chi connectivity index (χ0v) is 16.0. The van der Waals surface area contributed by atoms with Crippen LogP contribution in [0.4, 0.5) is 5.69 Å². The summed E-state index contributed by atoms with van der Waals surface area (Å²) in [5, 5.41) is 3.86. The van der Waals surface area contributed by atoms with Crippen LogP contribution in [0.15, 0.2) is 27.1 Å². The van der Waals surface area contributed by atoms with Crippen molar-refractivity contribution in [3.05, 3.63) is 27.1 Å². The molecule has 2 aliphatic rings. The number of halogens is 2. The first-order chi connectivity index (χ1) is 10.1. The Hall–Kier alpha value is -0.0600. The van der Waals surface area contributed by atoms with Gasteiger partial charge in [0.25, 0.3) is 0 Å². The molecular weight excluding hydrogens is 392 g/mol. The second kappa shape index (κ2) is 6.59. The molecule has 21 heavy (non-hydrogen) atoms. The number of hydrogen-bond donors (Lipinski definition) is 1. The van der Waals surface area contributed by atoms with Crippen molar-refractivity contribution in [3.8, 4) is 0 Å². The third-order valence-corrected chi connectivity index (χ3v) is 6.43. The van der Waals surface area contributed by atoms with Crippen molar-refractivity contribution in [2.45, 2.75) is 45.2 Å². The molecule has 1 saturated carbocycles. The number of likely N-dealkylation sites (tertiary alicyclic amines) is 1. The molecule has 1 aliphatic heterocycles. The summed E-state index contributed by atoms with van der Waals surface area (Å²) >= 11 is 7.37. The Kier molecular flexibility index (Phi) is 4.97. The first kappa shape index (κ1) is 15.8. The van der Waals surface area contributed by atoms with Gasteiger partial charge < -0.3 is 10.2 Å². The van der Waals surface area contributed by atoms with E-state index in [2.05, 4.69) is 74.1 Å². The summed E-state index contributed by atoms with van der Waals surface area (Å²) in [5.74, 6) is 1.55. The summed E-state index contributed by atoms with van der Waals surface area (Å²) in [6.07, 6.45) is 4.12. The Labute approximate surface area is 144 Å². The minimum absolute atomic E-state index is 0.615. The van der Waals surface area contributed by atoms with Crippen molar-refractivity contribution in [1.82, 2.24) is 4.90 Å². The maximum absolute atomic E-state index is 3.86. The molecule has 3 rings (SSSR count). The van der Waals surface area contributed by atoms with Gasteiger partial charge in [-0.25, -0.2) is 0 Å². The van der Waals surface area contributed by atoms with E-state index in [1.165, 1.54) is 38.0 Å². The fourth-order valence-corrected chi connectivity index (χ4v) is 5.16. The van der Waals surface area contributed by atoms with Crippen molar-refractivity contribution < 1.29 is 0 Å². The first-order valence-corrected chi connectivity index (χ1v) is 9.59. The minimum Gasteiger partial charge on any atom is -0.380 e. The van der Waals surface area contributed by atoms with Gasteiger partial charge in [0.15, 0.2) is 0 Å². The Morgan fingerprint density at radius 3 is 2.19 bits per heavy atom. The molecule has 0 spiro atoms. The van der Waals surface area contributed by atoms with E-state index in [0.29, 0.717) is 12.1 Å². The second-order valence-corrected chi connectivity index (χ2v) is 8.47. The molecule has 4 heteroatoms. The van der Waals surface area contributed by atoms with Gasteiger partial charge in [-0.2, -0.15) is 0 Å². The number of nitrogens with one attached hydrogen (secondary N) is 1. The van der Waals surface area contributed by atoms with Gasteiger partial charge >= 0.3 is 0 Å². The normalized spacial score (nSPS) is 29.7. The summed E-state index contributed by atoms with van der Waals surface area (Å²) in [6, 6.07) is 7.59. The average molecular weight is 416 g/mol. The van der Waals surface area contributed by atoms with E-state index in [1.54, 1.807) is 0 Å². The Bertz CT molecular complexity index is 469. The van der Waals surface area contributed by atoms with Crippen LogP contribution in [0, 0.1) is 11.8 Å². The third-order valence-electron chi connectivity index (χ3n) is 5.11. The number of piperidine rings is 1. The van der Waals surface area contributed by atoms with Crippen LogP contribution in [0.25, 0.3) is 0 Å². The SMILES string of the molecule is CC(C)N1CC2CCCC(C1)C2Nc1c(Br)cccc1Br. The van der Waals surface area contributed by atoms with E-state index in [-0.39, 0.29) is 0 Å². The van der Waals surface area contributed by atoms with Crippen molar-refractivity contribution in [1.29, 1.82) is 0 Å². The Morgan fingerprint density at radius 2 is 1.67 bits per heavy atom. The first-order valence-electron chi connectivity index (χ1n) is 8.01. The zero-order chi connectivity index (χ0) is 15.0. The van der Waals surface area contributed by atoms with Gasteiger partial charge in [0.2, 0.25) is 0 Å². The number of nitrogens with zero attached hydrogens (tertiary/aromatic N) is 1. The molecule has 0 aromatic heterocycles. The highest BCUT2D eigenvalue weighted by molar-refractivity contribution is 9.11. The standard InChI is InChI=1S/C17H24Br2N2/c1-11(2)21-9-12-5-3-6-13(10-21)16(12)20-17-14(18)7-4-8-15(17)19/h4,7-8,11-13,16,20H,3,5-6,9-10H2,1-2H3. The van der Waals surface area contributed by atoms with Crippen molar-refractivity contribution in [2.24, 2.45) is 11.8 Å². The van der Waals surface area contributed by atoms with E-state index in [9.17, 15) is 0 Å². The van der Waals surface area contributed by atoms with Crippen LogP contribution >= 0.6 is 31.9 Å². The molecule has 2 bridgehead atoms. The lowest BCUT2D eigenvalue weighted by molar-refractivity contribution is 0.0518. The molecule has 1 aliphatic carbocycles. The average Bonchev–Trinajstić information content (AvgIpc) is 2.42. The summed E-state index contributed by atoms with van der Waals surface area (Å²) in [6.45, 7) is 7.14. The van der Waals surface area contributed by atoms with Gasteiger partial charge in [-0.3, -0.25) is 0 Å². The van der Waals surface area contributed by atoms with E-state index < -0.39 is 0 Å². The van der Waals surface area contributed by atoms with Gasteiger partial charge in [0, 0.05) is 34.1 Å². The zero-order valence-electron chi connectivity index (χ0n) is 12.8. The number of hydrogen-bond acceptors (Lipinski definition) is 2. The van der Waals surface area contributed by atoms with Gasteiger partial charge in [-0.15, -0.1) is 0 Å². The fraction of sp³-hybridized carbons (Fsp3) is 0.647. The second-order valence-electron chi connectivity index (χ2n) is 6.77. The Morgan fingerprint density at radius 1 is 1.10 bits per heavy atom. The lowest BCUT2D eigenvalue weighted by Gasteiger charge is -2.49. The summed E-state index contributed by atoms with van der Waals surface area (Å²) in [5.41, 5.74) is 1.22. The predicted molar refractivity (Wildman–Crippen MR) is 96.8 cm³/mol. The summed E-state index contributed by atoms with van der Waals surface area (Å²) in [4.78, 5) is 2.67. The highest BCUT2D eigenvalue weighted by Crippen LogP contribution is 2.40. The van der Waals surface area contributed by atoms with Gasteiger partial charge in [-0.05, 0) is 82.5 Å². The summed E-state index contributed by atoms with van der Waals surface area (Å²) in [7, 11) is 0. The molecule has 1 saturated heterocycles. The predicted octanol–water partition coefficient (Wildman–Crippen LogP) is 5.13. The molecule has 0 radical (unpaired) electrons. The van der Waals surface area contributed by atoms with E-state index in [1.807, 2.05) is 0 Å². The van der Waals surface area contributed by atoms with Crippen LogP contribution in [0.2, 0.25) is 0 Å². The van der Waals surface area contributed by atoms with Crippen molar-refractivity contribution in [3.63, 3.8) is 0 Å². The quantitative estimate of drug-likeness (QED) is 0.735. The monoisotopic (exact) mass is 414 g/mol. The van der Waals surface area contributed by atoms with Crippen LogP contribution in [-0.2, 0) is 0 Å². The highest BCUT2D eigenvalue weighted by Gasteiger charge is 2.40. The van der Waals surface area contributed by atoms with Crippen molar-refractivity contribution in [2.75, 3.05) is 18.4 Å². The smallest absolute Gasteiger partial charge is 0.0631 e. The van der Waals surface area contributed by atoms with Gasteiger partial charge in [0.1, 0.15) is 0 Å². The number of para-hydroxylation sites is 1. The molecule has 2 atom stereocenters. The molecule has 2 nitrogen and oxygen atoms in total. The molecule has 116 valence electrons. The summed E-state index contributed by atoms with van der Waals surface area (Å²) < 4.78 is 2.31. The van der Waals surface area contributed by atoms with Crippen LogP contribution < -0.4 is 5.32 Å². The van der Waals surface area contributed by atoms with Crippen LogP contribution in [0.5, 0.6) is 0 Å². The number of rotatable bonds is 3. The lowest BCUT2D eigenvalue weighted by Crippen LogP contribution is -2.56. The van der Waals surface area contributed by atoms with E-state index >= 15 is 0 Å². The molecule has 2 fully saturated rings. The highest BCUT2D eigenvalue weighted by atomic mass is 79.9. The van der Waals surface area contributed by atoms with Crippen LogP contribution in [0.3, 0.4) is 0 Å². The van der Waals surface area contributed by atoms with E-state index in [0.717, 1.165) is 20.8 Å². The Balaban J connectivity index is 1.80.